The Morgan fingerprint density at radius 2 is 1.90 bits per heavy atom. The van der Waals surface area contributed by atoms with Gasteiger partial charge in [-0.1, -0.05) is 45.2 Å². The normalized spacial score (nSPS) is 15.5. The minimum atomic E-state index is -0.597. The molecule has 0 saturated carbocycles. The lowest BCUT2D eigenvalue weighted by atomic mass is 10.1. The van der Waals surface area contributed by atoms with Crippen LogP contribution in [0.4, 0.5) is 5.69 Å². The summed E-state index contributed by atoms with van der Waals surface area (Å²) in [6, 6.07) is 13.9. The molecule has 2 amide bonds. The van der Waals surface area contributed by atoms with Crippen LogP contribution in [-0.4, -0.2) is 16.9 Å². The van der Waals surface area contributed by atoms with Gasteiger partial charge in [0.1, 0.15) is 17.1 Å². The SMILES string of the molecule is Cc1cc(Br)ccc1N1C(=O)/C(=C\c2ccc(-c3cccc(Cl)c3Cl)o2)C(=O)NC1=S. The smallest absolute Gasteiger partial charge is 0.270 e. The molecule has 0 atom stereocenters. The first-order chi connectivity index (χ1) is 14.8. The number of halogens is 3. The Morgan fingerprint density at radius 3 is 2.65 bits per heavy atom. The summed E-state index contributed by atoms with van der Waals surface area (Å²) in [6.45, 7) is 1.85. The largest absolute Gasteiger partial charge is 0.457 e. The van der Waals surface area contributed by atoms with Crippen molar-refractivity contribution in [2.45, 2.75) is 6.92 Å². The number of nitrogens with one attached hydrogen (secondary N) is 1. The van der Waals surface area contributed by atoms with E-state index in [4.69, 9.17) is 39.8 Å². The topological polar surface area (TPSA) is 62.6 Å². The molecule has 1 fully saturated rings. The Kier molecular flexibility index (Phi) is 6.03. The van der Waals surface area contributed by atoms with Gasteiger partial charge in [-0.25, -0.2) is 0 Å². The van der Waals surface area contributed by atoms with Crippen LogP contribution in [0.2, 0.25) is 10.0 Å². The van der Waals surface area contributed by atoms with E-state index in [1.807, 2.05) is 13.0 Å². The van der Waals surface area contributed by atoms with Crippen LogP contribution in [0.3, 0.4) is 0 Å². The van der Waals surface area contributed by atoms with Gasteiger partial charge in [0.05, 0.1) is 15.7 Å². The van der Waals surface area contributed by atoms with Crippen LogP contribution in [0, 0.1) is 6.92 Å². The maximum absolute atomic E-state index is 13.2. The predicted octanol–water partition coefficient (Wildman–Crippen LogP) is 6.16. The van der Waals surface area contributed by atoms with Gasteiger partial charge in [0, 0.05) is 10.0 Å². The molecule has 0 unspecified atom stereocenters. The molecule has 2 heterocycles. The van der Waals surface area contributed by atoms with E-state index in [2.05, 4.69) is 21.2 Å². The van der Waals surface area contributed by atoms with Crippen LogP contribution >= 0.6 is 51.3 Å². The van der Waals surface area contributed by atoms with Gasteiger partial charge in [0.25, 0.3) is 11.8 Å². The predicted molar refractivity (Wildman–Crippen MR) is 129 cm³/mol. The van der Waals surface area contributed by atoms with Crippen LogP contribution in [0.5, 0.6) is 0 Å². The summed E-state index contributed by atoms with van der Waals surface area (Å²) in [6.07, 6.45) is 1.38. The molecule has 0 aliphatic carbocycles. The van der Waals surface area contributed by atoms with Gasteiger partial charge < -0.3 is 4.42 Å². The number of aryl methyl sites for hydroxylation is 1. The summed E-state index contributed by atoms with van der Waals surface area (Å²) in [4.78, 5) is 27.0. The van der Waals surface area contributed by atoms with Crippen molar-refractivity contribution in [1.29, 1.82) is 0 Å². The summed E-state index contributed by atoms with van der Waals surface area (Å²) in [5, 5.41) is 3.33. The first-order valence-electron chi connectivity index (χ1n) is 8.98. The van der Waals surface area contributed by atoms with Crippen molar-refractivity contribution in [2.24, 2.45) is 0 Å². The van der Waals surface area contributed by atoms with E-state index in [9.17, 15) is 9.59 Å². The van der Waals surface area contributed by atoms with E-state index in [1.54, 1.807) is 42.5 Å². The number of hydrogen-bond donors (Lipinski definition) is 1. The summed E-state index contributed by atoms with van der Waals surface area (Å²) >= 11 is 21.0. The number of hydrogen-bond acceptors (Lipinski definition) is 4. The van der Waals surface area contributed by atoms with Crippen LogP contribution in [0.25, 0.3) is 17.4 Å². The number of rotatable bonds is 3. The second kappa shape index (κ2) is 8.59. The fourth-order valence-electron chi connectivity index (χ4n) is 3.16. The molecule has 156 valence electrons. The fraction of sp³-hybridized carbons (Fsp3) is 0.0455. The molecule has 4 rings (SSSR count). The Hall–Kier alpha value is -2.45. The Balaban J connectivity index is 1.71. The van der Waals surface area contributed by atoms with Crippen LogP contribution in [0.1, 0.15) is 11.3 Å². The first kappa shape index (κ1) is 21.8. The third-order valence-corrected chi connectivity index (χ3v) is 6.23. The molecule has 1 saturated heterocycles. The molecule has 0 radical (unpaired) electrons. The summed E-state index contributed by atoms with van der Waals surface area (Å²) in [5.41, 5.74) is 1.90. The van der Waals surface area contributed by atoms with E-state index in [0.717, 1.165) is 10.0 Å². The number of anilines is 1. The standard InChI is InChI=1S/C22H13BrCl2N2O3S/c1-11-9-12(23)5-7-17(11)27-21(29)15(20(28)26-22(27)31)10-13-6-8-18(30-13)14-3-2-4-16(24)19(14)25/h2-10H,1H3,(H,26,28,31)/b15-10-. The molecule has 5 nitrogen and oxygen atoms in total. The molecule has 1 aliphatic rings. The number of nitrogens with zero attached hydrogens (tertiary/aromatic N) is 1. The van der Waals surface area contributed by atoms with Crippen molar-refractivity contribution in [1.82, 2.24) is 5.32 Å². The van der Waals surface area contributed by atoms with Crippen molar-refractivity contribution in [3.63, 3.8) is 0 Å². The van der Waals surface area contributed by atoms with Crippen molar-refractivity contribution in [3.8, 4) is 11.3 Å². The van der Waals surface area contributed by atoms with Crippen LogP contribution < -0.4 is 10.2 Å². The van der Waals surface area contributed by atoms with E-state index in [0.29, 0.717) is 32.8 Å². The van der Waals surface area contributed by atoms with Gasteiger partial charge >= 0.3 is 0 Å². The zero-order valence-corrected chi connectivity index (χ0v) is 19.8. The molecule has 3 aromatic rings. The molecule has 1 aromatic heterocycles. The second-order valence-corrected chi connectivity index (χ2v) is 8.78. The Labute approximate surface area is 201 Å². The van der Waals surface area contributed by atoms with E-state index < -0.39 is 11.8 Å². The van der Waals surface area contributed by atoms with Gasteiger partial charge in [-0.3, -0.25) is 19.8 Å². The van der Waals surface area contributed by atoms with Crippen LogP contribution in [0.15, 0.2) is 63.0 Å². The van der Waals surface area contributed by atoms with Crippen LogP contribution in [-0.2, 0) is 9.59 Å². The molecule has 31 heavy (non-hydrogen) atoms. The van der Waals surface area contributed by atoms with Gasteiger partial charge in [-0.15, -0.1) is 0 Å². The Morgan fingerprint density at radius 1 is 1.13 bits per heavy atom. The highest BCUT2D eigenvalue weighted by Gasteiger charge is 2.35. The van der Waals surface area contributed by atoms with Crippen molar-refractivity contribution < 1.29 is 14.0 Å². The van der Waals surface area contributed by atoms with Gasteiger partial charge in [0.2, 0.25) is 0 Å². The van der Waals surface area contributed by atoms with Crippen molar-refractivity contribution in [3.05, 3.63) is 79.9 Å². The molecule has 1 N–H and O–H groups in total. The lowest BCUT2D eigenvalue weighted by Gasteiger charge is -2.29. The van der Waals surface area contributed by atoms with E-state index in [-0.39, 0.29) is 10.7 Å². The molecular formula is C22H13BrCl2N2O3S. The van der Waals surface area contributed by atoms with Gasteiger partial charge in [0.15, 0.2) is 5.11 Å². The summed E-state index contributed by atoms with van der Waals surface area (Å²) in [7, 11) is 0. The molecule has 0 spiro atoms. The lowest BCUT2D eigenvalue weighted by molar-refractivity contribution is -0.122. The average Bonchev–Trinajstić information content (AvgIpc) is 3.17. The third-order valence-electron chi connectivity index (χ3n) is 4.63. The third kappa shape index (κ3) is 4.19. The maximum Gasteiger partial charge on any atom is 0.270 e. The quantitative estimate of drug-likeness (QED) is 0.248. The van der Waals surface area contributed by atoms with E-state index in [1.165, 1.54) is 11.0 Å². The minimum Gasteiger partial charge on any atom is -0.457 e. The molecule has 1 aliphatic heterocycles. The molecular weight excluding hydrogens is 523 g/mol. The van der Waals surface area contributed by atoms with Gasteiger partial charge in [-0.2, -0.15) is 0 Å². The second-order valence-electron chi connectivity index (χ2n) is 6.69. The number of carbonyl (C=O) groups excluding carboxylic acids is 2. The molecule has 2 aromatic carbocycles. The Bertz CT molecular complexity index is 1290. The molecule has 0 bridgehead atoms. The number of thiocarbonyl (C=S) groups is 1. The van der Waals surface area contributed by atoms with Crippen molar-refractivity contribution in [2.75, 3.05) is 4.90 Å². The minimum absolute atomic E-state index is 0.0171. The maximum atomic E-state index is 13.2. The zero-order valence-electron chi connectivity index (χ0n) is 15.9. The highest BCUT2D eigenvalue weighted by Crippen LogP contribution is 2.35. The average molecular weight is 536 g/mol. The number of benzene rings is 2. The molecule has 9 heteroatoms. The van der Waals surface area contributed by atoms with Crippen molar-refractivity contribution >= 4 is 80.0 Å². The highest BCUT2D eigenvalue weighted by molar-refractivity contribution is 9.10. The summed E-state index contributed by atoms with van der Waals surface area (Å²) < 4.78 is 6.67. The highest BCUT2D eigenvalue weighted by atomic mass is 79.9. The first-order valence-corrected chi connectivity index (χ1v) is 10.9. The zero-order chi connectivity index (χ0) is 22.3. The number of carbonyl (C=O) groups is 2. The number of furan rings is 1. The number of amides is 2. The monoisotopic (exact) mass is 534 g/mol. The summed E-state index contributed by atoms with van der Waals surface area (Å²) in [5.74, 6) is -0.373. The van der Waals surface area contributed by atoms with E-state index >= 15 is 0 Å². The fourth-order valence-corrected chi connectivity index (χ4v) is 4.30. The lowest BCUT2D eigenvalue weighted by Crippen LogP contribution is -2.54. The van der Waals surface area contributed by atoms with Gasteiger partial charge in [-0.05, 0) is 73.2 Å².